The highest BCUT2D eigenvalue weighted by Gasteiger charge is 2.23. The summed E-state index contributed by atoms with van der Waals surface area (Å²) >= 11 is 7.99. The van der Waals surface area contributed by atoms with E-state index >= 15 is 0 Å². The molecule has 0 atom stereocenters. The number of benzene rings is 1. The molecule has 0 unspecified atom stereocenters. The standard InChI is InChI=1S/C20H21ClN4OS/c21-19-6-2-1-4-16(19)13-25-14-17(12-22-25)20(26)24-9-7-23(8-10-24)15-18-5-3-11-27-18/h1-6,11-12,14H,7-10,13,15H2. The van der Waals surface area contributed by atoms with Gasteiger partial charge in [-0.05, 0) is 23.1 Å². The van der Waals surface area contributed by atoms with Crippen LogP contribution in [0.5, 0.6) is 0 Å². The molecule has 2 aromatic heterocycles. The normalized spacial score (nSPS) is 15.2. The third-order valence-corrected chi connectivity index (χ3v) is 6.02. The molecule has 27 heavy (non-hydrogen) atoms. The minimum absolute atomic E-state index is 0.0520. The van der Waals surface area contributed by atoms with Crippen LogP contribution in [0.3, 0.4) is 0 Å². The molecule has 0 bridgehead atoms. The van der Waals surface area contributed by atoms with Gasteiger partial charge in [-0.2, -0.15) is 5.10 Å². The van der Waals surface area contributed by atoms with Crippen LogP contribution in [-0.4, -0.2) is 51.7 Å². The van der Waals surface area contributed by atoms with Crippen LogP contribution in [0.1, 0.15) is 20.8 Å². The second-order valence-electron chi connectivity index (χ2n) is 6.67. The maximum absolute atomic E-state index is 12.8. The molecule has 7 heteroatoms. The van der Waals surface area contributed by atoms with E-state index in [0.29, 0.717) is 17.1 Å². The van der Waals surface area contributed by atoms with E-state index in [1.807, 2.05) is 35.4 Å². The lowest BCUT2D eigenvalue weighted by Crippen LogP contribution is -2.48. The van der Waals surface area contributed by atoms with Gasteiger partial charge in [0.25, 0.3) is 5.91 Å². The van der Waals surface area contributed by atoms with Crippen LogP contribution in [0.15, 0.2) is 54.2 Å². The van der Waals surface area contributed by atoms with E-state index in [4.69, 9.17) is 11.6 Å². The number of aromatic nitrogens is 2. The molecule has 0 radical (unpaired) electrons. The molecule has 0 aliphatic carbocycles. The Bertz CT molecular complexity index is 900. The minimum Gasteiger partial charge on any atom is -0.336 e. The van der Waals surface area contributed by atoms with E-state index in [9.17, 15) is 4.79 Å². The second-order valence-corrected chi connectivity index (χ2v) is 8.11. The van der Waals surface area contributed by atoms with Crippen molar-refractivity contribution in [1.82, 2.24) is 19.6 Å². The number of thiophene rings is 1. The van der Waals surface area contributed by atoms with Crippen molar-refractivity contribution >= 4 is 28.8 Å². The van der Waals surface area contributed by atoms with Gasteiger partial charge in [-0.3, -0.25) is 14.4 Å². The molecular formula is C20H21ClN4OS. The Balaban J connectivity index is 1.34. The first kappa shape index (κ1) is 18.2. The fourth-order valence-electron chi connectivity index (χ4n) is 3.28. The van der Waals surface area contributed by atoms with Crippen LogP contribution in [0, 0.1) is 0 Å². The van der Waals surface area contributed by atoms with Crippen LogP contribution in [0.4, 0.5) is 0 Å². The monoisotopic (exact) mass is 400 g/mol. The van der Waals surface area contributed by atoms with E-state index in [1.165, 1.54) is 4.88 Å². The van der Waals surface area contributed by atoms with Gasteiger partial charge in [-0.15, -0.1) is 11.3 Å². The van der Waals surface area contributed by atoms with Crippen LogP contribution < -0.4 is 0 Å². The Morgan fingerprint density at radius 2 is 1.89 bits per heavy atom. The predicted molar refractivity (Wildman–Crippen MR) is 108 cm³/mol. The van der Waals surface area contributed by atoms with Crippen molar-refractivity contribution in [3.05, 3.63) is 75.2 Å². The Kier molecular flexibility index (Phi) is 5.57. The fourth-order valence-corrected chi connectivity index (χ4v) is 4.22. The van der Waals surface area contributed by atoms with E-state index in [-0.39, 0.29) is 5.91 Å². The van der Waals surface area contributed by atoms with Gasteiger partial charge >= 0.3 is 0 Å². The lowest BCUT2D eigenvalue weighted by Gasteiger charge is -2.34. The molecule has 4 rings (SSSR count). The van der Waals surface area contributed by atoms with Crippen molar-refractivity contribution in [1.29, 1.82) is 0 Å². The van der Waals surface area contributed by atoms with Gasteiger partial charge in [0.1, 0.15) is 0 Å². The zero-order chi connectivity index (χ0) is 18.6. The molecule has 0 spiro atoms. The molecule has 0 saturated carbocycles. The van der Waals surface area contributed by atoms with Gasteiger partial charge in [-0.1, -0.05) is 35.9 Å². The Morgan fingerprint density at radius 1 is 1.07 bits per heavy atom. The van der Waals surface area contributed by atoms with E-state index in [1.54, 1.807) is 22.2 Å². The number of piperazine rings is 1. The summed E-state index contributed by atoms with van der Waals surface area (Å²) in [5.41, 5.74) is 1.62. The summed E-state index contributed by atoms with van der Waals surface area (Å²) in [7, 11) is 0. The first-order valence-corrected chi connectivity index (χ1v) is 10.2. The summed E-state index contributed by atoms with van der Waals surface area (Å²) in [6.45, 7) is 4.83. The maximum atomic E-state index is 12.8. The molecule has 140 valence electrons. The zero-order valence-electron chi connectivity index (χ0n) is 14.9. The summed E-state index contributed by atoms with van der Waals surface area (Å²) in [5, 5.41) is 7.15. The molecule has 1 aliphatic heterocycles. The highest BCUT2D eigenvalue weighted by Crippen LogP contribution is 2.17. The van der Waals surface area contributed by atoms with E-state index in [2.05, 4.69) is 27.5 Å². The van der Waals surface area contributed by atoms with Crippen LogP contribution >= 0.6 is 22.9 Å². The molecule has 1 aliphatic rings. The van der Waals surface area contributed by atoms with Gasteiger partial charge in [0.15, 0.2) is 0 Å². The van der Waals surface area contributed by atoms with Crippen molar-refractivity contribution in [3.8, 4) is 0 Å². The van der Waals surface area contributed by atoms with Crippen LogP contribution in [-0.2, 0) is 13.1 Å². The fraction of sp³-hybridized carbons (Fsp3) is 0.300. The Morgan fingerprint density at radius 3 is 2.63 bits per heavy atom. The van der Waals surface area contributed by atoms with Crippen molar-refractivity contribution < 1.29 is 4.79 Å². The molecule has 1 fully saturated rings. The van der Waals surface area contributed by atoms with Crippen LogP contribution in [0.25, 0.3) is 0 Å². The Labute approximate surface area is 167 Å². The number of carbonyl (C=O) groups is 1. The summed E-state index contributed by atoms with van der Waals surface area (Å²) < 4.78 is 1.77. The number of hydrogen-bond acceptors (Lipinski definition) is 4. The third-order valence-electron chi connectivity index (χ3n) is 4.79. The highest BCUT2D eigenvalue weighted by atomic mass is 35.5. The van der Waals surface area contributed by atoms with Crippen molar-refractivity contribution in [3.63, 3.8) is 0 Å². The molecule has 3 heterocycles. The molecular weight excluding hydrogens is 380 g/mol. The van der Waals surface area contributed by atoms with Crippen molar-refractivity contribution in [2.75, 3.05) is 26.2 Å². The molecule has 1 amide bonds. The molecule has 0 N–H and O–H groups in total. The largest absolute Gasteiger partial charge is 0.336 e. The lowest BCUT2D eigenvalue weighted by molar-refractivity contribution is 0.0629. The number of carbonyl (C=O) groups excluding carboxylic acids is 1. The quantitative estimate of drug-likeness (QED) is 0.657. The SMILES string of the molecule is O=C(c1cnn(Cc2ccccc2Cl)c1)N1CCN(Cc2cccs2)CC1. The average molecular weight is 401 g/mol. The summed E-state index contributed by atoms with van der Waals surface area (Å²) in [6, 6.07) is 11.9. The third kappa shape index (κ3) is 4.40. The Hall–Kier alpha value is -2.15. The summed E-state index contributed by atoms with van der Waals surface area (Å²) in [6.07, 6.45) is 3.46. The van der Waals surface area contributed by atoms with Gasteiger partial charge in [-0.25, -0.2) is 0 Å². The average Bonchev–Trinajstić information content (AvgIpc) is 3.36. The molecule has 3 aromatic rings. The number of nitrogens with zero attached hydrogens (tertiary/aromatic N) is 4. The first-order chi connectivity index (χ1) is 13.2. The lowest BCUT2D eigenvalue weighted by atomic mass is 10.2. The molecule has 1 saturated heterocycles. The zero-order valence-corrected chi connectivity index (χ0v) is 16.5. The molecule has 5 nitrogen and oxygen atoms in total. The van der Waals surface area contributed by atoms with Gasteiger partial charge < -0.3 is 4.90 Å². The smallest absolute Gasteiger partial charge is 0.257 e. The van der Waals surface area contributed by atoms with Crippen molar-refractivity contribution in [2.45, 2.75) is 13.1 Å². The van der Waals surface area contributed by atoms with E-state index < -0.39 is 0 Å². The predicted octanol–water partition coefficient (Wildman–Crippen LogP) is 3.60. The van der Waals surface area contributed by atoms with E-state index in [0.717, 1.165) is 38.3 Å². The second kappa shape index (κ2) is 8.25. The van der Waals surface area contributed by atoms with Gasteiger partial charge in [0, 0.05) is 48.8 Å². The van der Waals surface area contributed by atoms with Crippen LogP contribution in [0.2, 0.25) is 5.02 Å². The topological polar surface area (TPSA) is 41.4 Å². The maximum Gasteiger partial charge on any atom is 0.257 e. The van der Waals surface area contributed by atoms with Gasteiger partial charge in [0.05, 0.1) is 18.3 Å². The number of halogens is 1. The number of rotatable bonds is 5. The van der Waals surface area contributed by atoms with Crippen molar-refractivity contribution in [2.24, 2.45) is 0 Å². The molecule has 1 aromatic carbocycles. The summed E-state index contributed by atoms with van der Waals surface area (Å²) in [5.74, 6) is 0.0520. The minimum atomic E-state index is 0.0520. The number of amides is 1. The number of hydrogen-bond donors (Lipinski definition) is 0. The highest BCUT2D eigenvalue weighted by molar-refractivity contribution is 7.09. The van der Waals surface area contributed by atoms with Gasteiger partial charge in [0.2, 0.25) is 0 Å². The summed E-state index contributed by atoms with van der Waals surface area (Å²) in [4.78, 5) is 18.5. The first-order valence-electron chi connectivity index (χ1n) is 8.99.